The van der Waals surface area contributed by atoms with Crippen molar-refractivity contribution >= 4 is 39.2 Å². The van der Waals surface area contributed by atoms with Crippen LogP contribution in [-0.2, 0) is 24.3 Å². The molecule has 3 rings (SSSR count). The van der Waals surface area contributed by atoms with Crippen molar-refractivity contribution in [3.05, 3.63) is 58.1 Å². The van der Waals surface area contributed by atoms with Crippen LogP contribution in [0.5, 0.6) is 0 Å². The van der Waals surface area contributed by atoms with Crippen LogP contribution >= 0.6 is 11.6 Å². The smallest absolute Gasteiger partial charge is 0.338 e. The third kappa shape index (κ3) is 5.62. The molecule has 0 saturated carbocycles. The van der Waals surface area contributed by atoms with E-state index in [0.29, 0.717) is 29.5 Å². The highest BCUT2D eigenvalue weighted by atomic mass is 35.5. The fraction of sp³-hybridized carbons (Fsp3) is 0.333. The van der Waals surface area contributed by atoms with Gasteiger partial charge >= 0.3 is 5.97 Å². The first-order valence-electron chi connectivity index (χ1n) is 9.60. The minimum Gasteiger partial charge on any atom is -0.452 e. The van der Waals surface area contributed by atoms with Gasteiger partial charge in [0.05, 0.1) is 23.7 Å². The number of amides is 1. The van der Waals surface area contributed by atoms with Gasteiger partial charge in [-0.15, -0.1) is 0 Å². The van der Waals surface area contributed by atoms with Crippen molar-refractivity contribution in [2.24, 2.45) is 0 Å². The minimum absolute atomic E-state index is 0.0302. The van der Waals surface area contributed by atoms with Gasteiger partial charge in [0, 0.05) is 23.8 Å². The first-order valence-corrected chi connectivity index (χ1v) is 11.4. The summed E-state index contributed by atoms with van der Waals surface area (Å²) in [5.74, 6) is -1.34. The maximum atomic E-state index is 12.9. The second kappa shape index (κ2) is 9.78. The van der Waals surface area contributed by atoms with Crippen LogP contribution in [0.4, 0.5) is 5.69 Å². The molecule has 10 heteroatoms. The maximum Gasteiger partial charge on any atom is 0.338 e. The van der Waals surface area contributed by atoms with Crippen LogP contribution in [0.1, 0.15) is 21.5 Å². The van der Waals surface area contributed by atoms with Crippen molar-refractivity contribution in [3.8, 4) is 0 Å². The topological polar surface area (TPSA) is 102 Å². The molecule has 0 aliphatic carbocycles. The Labute approximate surface area is 186 Å². The van der Waals surface area contributed by atoms with E-state index in [1.54, 1.807) is 25.1 Å². The van der Waals surface area contributed by atoms with Crippen molar-refractivity contribution in [2.75, 3.05) is 38.2 Å². The van der Waals surface area contributed by atoms with Gasteiger partial charge in [0.15, 0.2) is 6.61 Å². The predicted molar refractivity (Wildman–Crippen MR) is 116 cm³/mol. The lowest BCUT2D eigenvalue weighted by molar-refractivity contribution is -0.119. The van der Waals surface area contributed by atoms with E-state index in [0.717, 1.165) is 5.56 Å². The number of carbonyl (C=O) groups is 2. The van der Waals surface area contributed by atoms with Crippen molar-refractivity contribution in [3.63, 3.8) is 0 Å². The summed E-state index contributed by atoms with van der Waals surface area (Å²) in [6.07, 6.45) is 0. The molecule has 0 atom stereocenters. The molecule has 166 valence electrons. The van der Waals surface area contributed by atoms with Crippen LogP contribution in [0.2, 0.25) is 5.02 Å². The number of esters is 1. The van der Waals surface area contributed by atoms with Crippen molar-refractivity contribution in [1.82, 2.24) is 4.31 Å². The number of anilines is 1. The number of morpholine rings is 1. The molecule has 8 nitrogen and oxygen atoms in total. The molecule has 0 unspecified atom stereocenters. The van der Waals surface area contributed by atoms with E-state index < -0.39 is 28.5 Å². The van der Waals surface area contributed by atoms with Gasteiger partial charge < -0.3 is 14.8 Å². The Bertz CT molecular complexity index is 1100. The fourth-order valence-electron chi connectivity index (χ4n) is 3.01. The van der Waals surface area contributed by atoms with E-state index >= 15 is 0 Å². The number of halogens is 1. The Balaban J connectivity index is 1.67. The van der Waals surface area contributed by atoms with Gasteiger partial charge in [0.2, 0.25) is 10.0 Å². The van der Waals surface area contributed by atoms with Crippen molar-refractivity contribution in [1.29, 1.82) is 0 Å². The second-order valence-corrected chi connectivity index (χ2v) is 9.40. The number of nitrogens with one attached hydrogen (secondary N) is 1. The summed E-state index contributed by atoms with van der Waals surface area (Å²) in [6.45, 7) is 4.11. The van der Waals surface area contributed by atoms with E-state index in [1.165, 1.54) is 22.5 Å². The number of carbonyl (C=O) groups excluding carboxylic acids is 2. The highest BCUT2D eigenvalue weighted by Crippen LogP contribution is 2.23. The number of nitrogens with zero attached hydrogens (tertiary/aromatic N) is 1. The molecule has 1 N–H and O–H groups in total. The highest BCUT2D eigenvalue weighted by Gasteiger charge is 2.28. The number of hydrogen-bond donors (Lipinski definition) is 1. The molecule has 31 heavy (non-hydrogen) atoms. The minimum atomic E-state index is -3.77. The van der Waals surface area contributed by atoms with Gasteiger partial charge in [-0.25, -0.2) is 13.2 Å². The van der Waals surface area contributed by atoms with Crippen LogP contribution in [-0.4, -0.2) is 57.5 Å². The van der Waals surface area contributed by atoms with Gasteiger partial charge in [0.1, 0.15) is 0 Å². The number of rotatable bonds is 6. The Morgan fingerprint density at radius 3 is 2.45 bits per heavy atom. The van der Waals surface area contributed by atoms with Gasteiger partial charge in [-0.1, -0.05) is 23.7 Å². The number of aryl methyl sites for hydroxylation is 2. The maximum absolute atomic E-state index is 12.9. The Hall–Kier alpha value is -2.46. The standard InChI is InChI=1S/C21H23ClN2O6S/c1-14-4-6-17(12-18(14)22)23-20(25)13-30-21(26)16-5-3-15(2)19(11-16)31(27,28)24-7-9-29-10-8-24/h3-6,11-12H,7-10,13H2,1-2H3,(H,23,25). The summed E-state index contributed by atoms with van der Waals surface area (Å²) in [5, 5.41) is 3.09. The zero-order chi connectivity index (χ0) is 22.6. The Morgan fingerprint density at radius 2 is 1.77 bits per heavy atom. The molecule has 1 heterocycles. The summed E-state index contributed by atoms with van der Waals surface area (Å²) in [6, 6.07) is 9.32. The largest absolute Gasteiger partial charge is 0.452 e. The van der Waals surface area contributed by atoms with Crippen LogP contribution < -0.4 is 5.32 Å². The molecule has 1 aliphatic rings. The lowest BCUT2D eigenvalue weighted by atomic mass is 10.1. The normalized spacial score (nSPS) is 14.8. The van der Waals surface area contributed by atoms with E-state index in [1.807, 2.05) is 6.92 Å². The molecular weight excluding hydrogens is 444 g/mol. The fourth-order valence-corrected chi connectivity index (χ4v) is 4.85. The third-order valence-corrected chi connectivity index (χ3v) is 7.25. The quantitative estimate of drug-likeness (QED) is 0.657. The highest BCUT2D eigenvalue weighted by molar-refractivity contribution is 7.89. The molecule has 1 aliphatic heterocycles. The number of hydrogen-bond acceptors (Lipinski definition) is 6. The average molecular weight is 467 g/mol. The van der Waals surface area contributed by atoms with Gasteiger partial charge in [0.25, 0.3) is 5.91 Å². The van der Waals surface area contributed by atoms with Crippen molar-refractivity contribution < 1.29 is 27.5 Å². The first kappa shape index (κ1) is 23.2. The van der Waals surface area contributed by atoms with E-state index in [2.05, 4.69) is 5.32 Å². The third-order valence-electron chi connectivity index (χ3n) is 4.80. The van der Waals surface area contributed by atoms with E-state index in [9.17, 15) is 18.0 Å². The molecule has 0 aromatic heterocycles. The molecule has 1 saturated heterocycles. The average Bonchev–Trinajstić information content (AvgIpc) is 2.75. The predicted octanol–water partition coefficient (Wildman–Crippen LogP) is 2.77. The molecule has 1 fully saturated rings. The summed E-state index contributed by atoms with van der Waals surface area (Å²) in [4.78, 5) is 24.5. The molecule has 2 aromatic carbocycles. The molecule has 0 spiro atoms. The molecule has 1 amide bonds. The van der Waals surface area contributed by atoms with E-state index in [4.69, 9.17) is 21.1 Å². The lowest BCUT2D eigenvalue weighted by Gasteiger charge is -2.26. The monoisotopic (exact) mass is 466 g/mol. The zero-order valence-electron chi connectivity index (χ0n) is 17.2. The van der Waals surface area contributed by atoms with Crippen LogP contribution in [0.25, 0.3) is 0 Å². The van der Waals surface area contributed by atoms with Crippen LogP contribution in [0.3, 0.4) is 0 Å². The van der Waals surface area contributed by atoms with Gasteiger partial charge in [-0.2, -0.15) is 4.31 Å². The van der Waals surface area contributed by atoms with Crippen LogP contribution in [0, 0.1) is 13.8 Å². The summed E-state index contributed by atoms with van der Waals surface area (Å²) in [5.41, 5.74) is 1.90. The van der Waals surface area contributed by atoms with E-state index in [-0.39, 0.29) is 23.5 Å². The Kier molecular flexibility index (Phi) is 7.32. The van der Waals surface area contributed by atoms with Gasteiger partial charge in [-0.05, 0) is 49.2 Å². The summed E-state index contributed by atoms with van der Waals surface area (Å²) < 4.78 is 37.5. The molecular formula is C21H23ClN2O6S. The summed E-state index contributed by atoms with van der Waals surface area (Å²) in [7, 11) is -3.77. The lowest BCUT2D eigenvalue weighted by Crippen LogP contribution is -2.40. The number of benzene rings is 2. The molecule has 2 aromatic rings. The van der Waals surface area contributed by atoms with Gasteiger partial charge in [-0.3, -0.25) is 4.79 Å². The first-order chi connectivity index (χ1) is 14.7. The molecule has 0 radical (unpaired) electrons. The number of ether oxygens (including phenoxy) is 2. The SMILES string of the molecule is Cc1ccc(NC(=O)COC(=O)c2ccc(C)c(S(=O)(=O)N3CCOCC3)c2)cc1Cl. The molecule has 0 bridgehead atoms. The van der Waals surface area contributed by atoms with Crippen molar-refractivity contribution in [2.45, 2.75) is 18.7 Å². The summed E-state index contributed by atoms with van der Waals surface area (Å²) >= 11 is 6.03. The Morgan fingerprint density at radius 1 is 1.10 bits per heavy atom. The second-order valence-electron chi connectivity index (χ2n) is 7.09. The number of sulfonamides is 1. The zero-order valence-corrected chi connectivity index (χ0v) is 18.8. The van der Waals surface area contributed by atoms with Crippen LogP contribution in [0.15, 0.2) is 41.3 Å².